The number of ketones is 2. The Morgan fingerprint density at radius 2 is 1.29 bits per heavy atom. The predicted octanol–water partition coefficient (Wildman–Crippen LogP) is 4.76. The van der Waals surface area contributed by atoms with E-state index in [1.54, 1.807) is 17.8 Å². The van der Waals surface area contributed by atoms with Crippen molar-refractivity contribution in [3.05, 3.63) is 65.7 Å². The number of carbonyl (C=O) groups excluding carboxylic acids is 4. The topological polar surface area (TPSA) is 133 Å². The van der Waals surface area contributed by atoms with Gasteiger partial charge in [-0.3, -0.25) is 24.1 Å². The van der Waals surface area contributed by atoms with E-state index in [2.05, 4.69) is 28.4 Å². The first-order valence-electron chi connectivity index (χ1n) is 16.2. The molecule has 1 unspecified atom stereocenters. The number of anilines is 3. The van der Waals surface area contributed by atoms with E-state index in [0.29, 0.717) is 52.0 Å². The summed E-state index contributed by atoms with van der Waals surface area (Å²) in [5.41, 5.74) is 3.73. The van der Waals surface area contributed by atoms with Crippen LogP contribution in [0.3, 0.4) is 0 Å². The lowest BCUT2D eigenvalue weighted by Crippen LogP contribution is -2.47. The molecule has 0 radical (unpaired) electrons. The monoisotopic (exact) mass is 689 g/mol. The van der Waals surface area contributed by atoms with E-state index in [9.17, 15) is 19.2 Å². The van der Waals surface area contributed by atoms with Gasteiger partial charge in [0.25, 0.3) is 11.8 Å². The fourth-order valence-corrected chi connectivity index (χ4v) is 6.79. The average Bonchev–Trinajstić information content (AvgIpc) is 3.33. The molecule has 3 aromatic rings. The number of Topliss-reactive ketones (excluding diaryl/α,β-unsaturated/α-hetero) is 2. The van der Waals surface area contributed by atoms with Crippen LogP contribution in [-0.4, -0.2) is 101 Å². The maximum Gasteiger partial charge on any atom is 0.262 e. The number of fused-ring (bicyclic) bond motifs is 3. The van der Waals surface area contributed by atoms with Gasteiger partial charge in [0.15, 0.2) is 5.78 Å². The molecule has 13 heteroatoms. The molecule has 1 aliphatic carbocycles. The molecule has 2 heterocycles. The van der Waals surface area contributed by atoms with Gasteiger partial charge in [0, 0.05) is 36.0 Å². The molecule has 49 heavy (non-hydrogen) atoms. The van der Waals surface area contributed by atoms with Crippen LogP contribution >= 0.6 is 11.8 Å². The van der Waals surface area contributed by atoms with Gasteiger partial charge in [-0.2, -0.15) is 0 Å². The van der Waals surface area contributed by atoms with Crippen LogP contribution in [0.4, 0.5) is 17.1 Å². The summed E-state index contributed by atoms with van der Waals surface area (Å²) < 4.78 is 28.4. The fraction of sp³-hybridized carbons (Fsp3) is 0.389. The van der Waals surface area contributed by atoms with Crippen LogP contribution in [0, 0.1) is 0 Å². The molecule has 0 bridgehead atoms. The molecule has 12 nitrogen and oxygen atoms in total. The van der Waals surface area contributed by atoms with E-state index in [1.165, 1.54) is 17.0 Å². The fourth-order valence-electron chi connectivity index (χ4n) is 5.74. The van der Waals surface area contributed by atoms with Crippen LogP contribution in [0.25, 0.3) is 0 Å². The van der Waals surface area contributed by atoms with Gasteiger partial charge in [-0.15, -0.1) is 0 Å². The molecule has 3 aliphatic rings. The summed E-state index contributed by atoms with van der Waals surface area (Å²) in [7, 11) is 4.07. The molecule has 0 spiro atoms. The van der Waals surface area contributed by atoms with Crippen molar-refractivity contribution in [2.75, 3.05) is 77.2 Å². The molecule has 1 N–H and O–H groups in total. The van der Waals surface area contributed by atoms with Crippen molar-refractivity contribution in [2.45, 2.75) is 35.1 Å². The number of carbonyl (C=O) groups is 4. The molecule has 0 saturated heterocycles. The summed E-state index contributed by atoms with van der Waals surface area (Å²) >= 11 is 1.72. The Kier molecular flexibility index (Phi) is 11.1. The van der Waals surface area contributed by atoms with Gasteiger partial charge < -0.3 is 33.9 Å². The maximum absolute atomic E-state index is 13.0. The maximum atomic E-state index is 13.0. The van der Waals surface area contributed by atoms with Gasteiger partial charge >= 0.3 is 0 Å². The third-order valence-electron chi connectivity index (χ3n) is 8.30. The summed E-state index contributed by atoms with van der Waals surface area (Å²) in [6, 6.07) is 16.2. The summed E-state index contributed by atoms with van der Waals surface area (Å²) in [6.45, 7) is 3.05. The zero-order valence-electron chi connectivity index (χ0n) is 27.5. The van der Waals surface area contributed by atoms with E-state index >= 15 is 0 Å². The number of nitrogens with one attached hydrogen (secondary N) is 1. The second kappa shape index (κ2) is 15.9. The van der Waals surface area contributed by atoms with Gasteiger partial charge in [0.2, 0.25) is 0 Å². The van der Waals surface area contributed by atoms with Gasteiger partial charge in [-0.1, -0.05) is 11.8 Å². The molecule has 2 aliphatic heterocycles. The van der Waals surface area contributed by atoms with Crippen molar-refractivity contribution in [1.82, 2.24) is 4.90 Å². The van der Waals surface area contributed by atoms with Crippen LogP contribution in [0.1, 0.15) is 40.0 Å². The summed E-state index contributed by atoms with van der Waals surface area (Å²) in [6.07, 6.45) is 0.0968. The Labute approximate surface area is 289 Å². The molecule has 1 fully saturated rings. The Hall–Kier alpha value is -4.43. The van der Waals surface area contributed by atoms with Crippen LogP contribution in [0.5, 0.6) is 11.5 Å². The number of ether oxygens (including phenoxy) is 5. The lowest BCUT2D eigenvalue weighted by molar-refractivity contribution is -0.132. The smallest absolute Gasteiger partial charge is 0.262 e. The highest BCUT2D eigenvalue weighted by Crippen LogP contribution is 2.46. The third kappa shape index (κ3) is 8.24. The van der Waals surface area contributed by atoms with Crippen molar-refractivity contribution in [2.24, 2.45) is 0 Å². The van der Waals surface area contributed by atoms with Crippen molar-refractivity contribution in [1.29, 1.82) is 0 Å². The van der Waals surface area contributed by atoms with E-state index in [-0.39, 0.29) is 42.8 Å². The molecule has 258 valence electrons. The van der Waals surface area contributed by atoms with E-state index in [1.807, 2.05) is 32.3 Å². The zero-order chi connectivity index (χ0) is 34.3. The van der Waals surface area contributed by atoms with E-state index in [0.717, 1.165) is 32.6 Å². The minimum absolute atomic E-state index is 0.165. The van der Waals surface area contributed by atoms with E-state index < -0.39 is 23.6 Å². The SMILES string of the molecule is CN(C)c1ccc2c(c1)Sc1cc(OCCOCCOCCOCCOc3ccc4c(c3)C(=O)N(C3CCC(=O)CC3=O)C4=O)ccc1N2. The summed E-state index contributed by atoms with van der Waals surface area (Å²) in [5.74, 6) is -0.417. The van der Waals surface area contributed by atoms with Crippen molar-refractivity contribution < 1.29 is 42.9 Å². The Balaban J connectivity index is 0.806. The van der Waals surface area contributed by atoms with Crippen LogP contribution in [0.2, 0.25) is 0 Å². The second-order valence-electron chi connectivity index (χ2n) is 11.9. The lowest BCUT2D eigenvalue weighted by Gasteiger charge is -2.27. The molecular formula is C36H39N3O9S. The number of hydrogen-bond donors (Lipinski definition) is 1. The first-order valence-corrected chi connectivity index (χ1v) is 17.1. The largest absolute Gasteiger partial charge is 0.491 e. The van der Waals surface area contributed by atoms with Crippen molar-refractivity contribution in [3.8, 4) is 11.5 Å². The standard InChI is InChI=1S/C36H39N3O9S/c1-38(2)23-3-8-29-33(19-23)49-34-22-26(6-9-30(34)37-29)48-18-16-46-14-12-44-11-13-45-15-17-47-25-5-7-27-28(21-25)36(43)39(35(27)42)31-10-4-24(40)20-32(31)41/h3,5-9,19,21-22,31,37H,4,10-18,20H2,1-2H3. The second-order valence-corrected chi connectivity index (χ2v) is 13.0. The van der Waals surface area contributed by atoms with Crippen molar-refractivity contribution >= 4 is 52.2 Å². The van der Waals surface area contributed by atoms with Gasteiger partial charge in [-0.05, 0) is 61.0 Å². The number of benzene rings is 3. The van der Waals surface area contributed by atoms with Gasteiger partial charge in [0.1, 0.15) is 30.5 Å². The first kappa shape index (κ1) is 34.4. The van der Waals surface area contributed by atoms with E-state index in [4.69, 9.17) is 23.7 Å². The molecule has 0 aromatic heterocycles. The highest BCUT2D eigenvalue weighted by Gasteiger charge is 2.44. The first-order chi connectivity index (χ1) is 23.8. The van der Waals surface area contributed by atoms with Crippen LogP contribution < -0.4 is 19.7 Å². The van der Waals surface area contributed by atoms with Gasteiger partial charge in [-0.25, -0.2) is 0 Å². The summed E-state index contributed by atoms with van der Waals surface area (Å²) in [4.78, 5) is 55.1. The van der Waals surface area contributed by atoms with Crippen LogP contribution in [-0.2, 0) is 23.8 Å². The normalized spacial score (nSPS) is 16.6. The Morgan fingerprint density at radius 3 is 1.94 bits per heavy atom. The molecule has 1 saturated carbocycles. The third-order valence-corrected chi connectivity index (χ3v) is 9.42. The van der Waals surface area contributed by atoms with Gasteiger partial charge in [0.05, 0.1) is 74.6 Å². The minimum Gasteiger partial charge on any atom is -0.491 e. The lowest BCUT2D eigenvalue weighted by atomic mass is 9.92. The Morgan fingerprint density at radius 1 is 0.714 bits per heavy atom. The molecule has 2 amide bonds. The predicted molar refractivity (Wildman–Crippen MR) is 183 cm³/mol. The quantitative estimate of drug-likeness (QED) is 0.0989. The zero-order valence-corrected chi connectivity index (χ0v) is 28.3. The number of imide groups is 1. The molecule has 3 aromatic carbocycles. The van der Waals surface area contributed by atoms with Crippen LogP contribution in [0.15, 0.2) is 64.4 Å². The molecule has 6 rings (SSSR count). The molecule has 1 atom stereocenters. The average molecular weight is 690 g/mol. The summed E-state index contributed by atoms with van der Waals surface area (Å²) in [5, 5.41) is 3.49. The Bertz CT molecular complexity index is 1730. The number of rotatable bonds is 16. The number of amides is 2. The highest BCUT2D eigenvalue weighted by molar-refractivity contribution is 7.99. The minimum atomic E-state index is -0.897. The molecular weight excluding hydrogens is 650 g/mol. The highest BCUT2D eigenvalue weighted by atomic mass is 32.2. The number of hydrogen-bond acceptors (Lipinski definition) is 12. The number of nitrogens with zero attached hydrogens (tertiary/aromatic N) is 2. The van der Waals surface area contributed by atoms with Crippen molar-refractivity contribution in [3.63, 3.8) is 0 Å².